The summed E-state index contributed by atoms with van der Waals surface area (Å²) < 4.78 is 5.69. The van der Waals surface area contributed by atoms with Crippen LogP contribution < -0.4 is 4.90 Å². The van der Waals surface area contributed by atoms with Gasteiger partial charge in [0.2, 0.25) is 11.8 Å². The van der Waals surface area contributed by atoms with E-state index in [1.807, 2.05) is 19.1 Å². The summed E-state index contributed by atoms with van der Waals surface area (Å²) >= 11 is 0. The van der Waals surface area contributed by atoms with Gasteiger partial charge in [-0.15, -0.1) is 0 Å². The minimum Gasteiger partial charge on any atom is -0.393 e. The maximum absolute atomic E-state index is 12.7. The standard InChI is InChI=1S/C16H15NO4/c1-9-2-4-10(5-3-9)17-14(19)12-11-6-7-16(8-18,21-11)13(12)15(17)20/h2-7,11-13,18H,8H2,1H3/t11-,12+,13-,16+/m0/s1. The van der Waals surface area contributed by atoms with Gasteiger partial charge in [0.15, 0.2) is 0 Å². The molecule has 4 atom stereocenters. The number of aliphatic hydroxyl groups is 1. The van der Waals surface area contributed by atoms with Gasteiger partial charge in [-0.25, -0.2) is 4.90 Å². The van der Waals surface area contributed by atoms with Gasteiger partial charge < -0.3 is 9.84 Å². The molecule has 3 heterocycles. The number of anilines is 1. The van der Waals surface area contributed by atoms with Crippen molar-refractivity contribution in [3.63, 3.8) is 0 Å². The summed E-state index contributed by atoms with van der Waals surface area (Å²) in [5.41, 5.74) is 0.619. The van der Waals surface area contributed by atoms with E-state index < -0.39 is 23.5 Å². The number of fused-ring (bicyclic) bond motifs is 5. The molecule has 0 unspecified atom stereocenters. The molecule has 5 nitrogen and oxygen atoms in total. The van der Waals surface area contributed by atoms with Crippen molar-refractivity contribution < 1.29 is 19.4 Å². The second-order valence-corrected chi connectivity index (χ2v) is 5.91. The summed E-state index contributed by atoms with van der Waals surface area (Å²) in [5, 5.41) is 9.63. The molecule has 2 bridgehead atoms. The molecule has 4 rings (SSSR count). The Morgan fingerprint density at radius 2 is 1.95 bits per heavy atom. The highest BCUT2D eigenvalue weighted by atomic mass is 16.5. The second-order valence-electron chi connectivity index (χ2n) is 5.91. The van der Waals surface area contributed by atoms with Crippen LogP contribution in [-0.2, 0) is 14.3 Å². The molecule has 0 spiro atoms. The fraction of sp³-hybridized carbons (Fsp3) is 0.375. The Kier molecular flexibility index (Phi) is 2.44. The van der Waals surface area contributed by atoms with Crippen molar-refractivity contribution in [2.45, 2.75) is 18.6 Å². The lowest BCUT2D eigenvalue weighted by Gasteiger charge is -2.26. The van der Waals surface area contributed by atoms with Crippen molar-refractivity contribution in [2.24, 2.45) is 11.8 Å². The lowest BCUT2D eigenvalue weighted by atomic mass is 9.77. The molecular formula is C16H15NO4. The first-order valence-corrected chi connectivity index (χ1v) is 7.00. The van der Waals surface area contributed by atoms with Crippen LogP contribution in [0.1, 0.15) is 5.56 Å². The topological polar surface area (TPSA) is 66.8 Å². The van der Waals surface area contributed by atoms with Gasteiger partial charge in [0.1, 0.15) is 5.60 Å². The van der Waals surface area contributed by atoms with Crippen LogP contribution in [0.4, 0.5) is 5.69 Å². The predicted octanol–water partition coefficient (Wildman–Crippen LogP) is 0.800. The normalized spacial score (nSPS) is 36.7. The highest BCUT2D eigenvalue weighted by Gasteiger charge is 2.67. The van der Waals surface area contributed by atoms with Crippen molar-refractivity contribution in [1.82, 2.24) is 0 Å². The molecule has 2 fully saturated rings. The Labute approximate surface area is 121 Å². The van der Waals surface area contributed by atoms with Crippen LogP contribution in [0.5, 0.6) is 0 Å². The number of amides is 2. The van der Waals surface area contributed by atoms with Crippen molar-refractivity contribution in [3.8, 4) is 0 Å². The maximum Gasteiger partial charge on any atom is 0.241 e. The van der Waals surface area contributed by atoms with Crippen molar-refractivity contribution in [2.75, 3.05) is 11.5 Å². The van der Waals surface area contributed by atoms with Crippen LogP contribution in [0.15, 0.2) is 36.4 Å². The van der Waals surface area contributed by atoms with Gasteiger partial charge in [-0.05, 0) is 19.1 Å². The first-order valence-electron chi connectivity index (χ1n) is 7.00. The van der Waals surface area contributed by atoms with Crippen molar-refractivity contribution >= 4 is 17.5 Å². The Morgan fingerprint density at radius 3 is 2.62 bits per heavy atom. The molecule has 1 aromatic rings. The molecule has 0 radical (unpaired) electrons. The summed E-state index contributed by atoms with van der Waals surface area (Å²) in [6.45, 7) is 1.66. The predicted molar refractivity (Wildman–Crippen MR) is 74.5 cm³/mol. The third kappa shape index (κ3) is 1.47. The van der Waals surface area contributed by atoms with Gasteiger partial charge in [0.25, 0.3) is 0 Å². The van der Waals surface area contributed by atoms with Crippen LogP contribution in [-0.4, -0.2) is 35.2 Å². The Hall–Kier alpha value is -1.98. The molecule has 0 saturated carbocycles. The lowest BCUT2D eigenvalue weighted by Crippen LogP contribution is -2.43. The average molecular weight is 285 g/mol. The summed E-state index contributed by atoms with van der Waals surface area (Å²) in [6, 6.07) is 7.28. The van der Waals surface area contributed by atoms with E-state index >= 15 is 0 Å². The minimum atomic E-state index is -1.03. The Balaban J connectivity index is 1.77. The molecular weight excluding hydrogens is 270 g/mol. The van der Waals surface area contributed by atoms with Gasteiger partial charge in [-0.1, -0.05) is 29.8 Å². The number of carbonyl (C=O) groups excluding carboxylic acids is 2. The van der Waals surface area contributed by atoms with E-state index in [-0.39, 0.29) is 18.4 Å². The van der Waals surface area contributed by atoms with Crippen LogP contribution in [0, 0.1) is 18.8 Å². The van der Waals surface area contributed by atoms with E-state index in [9.17, 15) is 14.7 Å². The number of aliphatic hydroxyl groups excluding tert-OH is 1. The fourth-order valence-electron chi connectivity index (χ4n) is 3.63. The average Bonchev–Trinajstić information content (AvgIpc) is 3.12. The van der Waals surface area contributed by atoms with Gasteiger partial charge in [0, 0.05) is 0 Å². The van der Waals surface area contributed by atoms with Crippen molar-refractivity contribution in [1.29, 1.82) is 0 Å². The smallest absolute Gasteiger partial charge is 0.241 e. The quantitative estimate of drug-likeness (QED) is 0.645. The first-order chi connectivity index (χ1) is 10.1. The highest BCUT2D eigenvalue weighted by molar-refractivity contribution is 6.23. The number of hydrogen-bond acceptors (Lipinski definition) is 4. The monoisotopic (exact) mass is 285 g/mol. The minimum absolute atomic E-state index is 0.237. The van der Waals surface area contributed by atoms with E-state index in [4.69, 9.17) is 4.74 Å². The molecule has 1 aromatic carbocycles. The van der Waals surface area contributed by atoms with Crippen LogP contribution >= 0.6 is 0 Å². The number of nitrogens with zero attached hydrogens (tertiary/aromatic N) is 1. The SMILES string of the molecule is Cc1ccc(N2C(=O)[C@@H]3[C@@H]4C=C[C@](CO)(O4)[C@@H]3C2=O)cc1. The molecule has 1 N–H and O–H groups in total. The first kappa shape index (κ1) is 12.7. The summed E-state index contributed by atoms with van der Waals surface area (Å²) in [5.74, 6) is -1.66. The number of hydrogen-bond donors (Lipinski definition) is 1. The Morgan fingerprint density at radius 1 is 1.24 bits per heavy atom. The lowest BCUT2D eigenvalue weighted by molar-refractivity contribution is -0.128. The molecule has 2 saturated heterocycles. The summed E-state index contributed by atoms with van der Waals surface area (Å²) in [7, 11) is 0. The third-order valence-electron chi connectivity index (χ3n) is 4.69. The van der Waals surface area contributed by atoms with E-state index in [0.29, 0.717) is 5.69 Å². The Bertz CT molecular complexity index is 665. The van der Waals surface area contributed by atoms with E-state index in [2.05, 4.69) is 0 Å². The van der Waals surface area contributed by atoms with Crippen LogP contribution in [0.3, 0.4) is 0 Å². The van der Waals surface area contributed by atoms with Crippen LogP contribution in [0.2, 0.25) is 0 Å². The molecule has 0 aromatic heterocycles. The largest absolute Gasteiger partial charge is 0.393 e. The molecule has 3 aliphatic heterocycles. The van der Waals surface area contributed by atoms with Gasteiger partial charge in [-0.2, -0.15) is 0 Å². The van der Waals surface area contributed by atoms with Crippen LogP contribution in [0.25, 0.3) is 0 Å². The van der Waals surface area contributed by atoms with E-state index in [1.165, 1.54) is 4.90 Å². The third-order valence-corrected chi connectivity index (χ3v) is 4.69. The van der Waals surface area contributed by atoms with Gasteiger partial charge in [-0.3, -0.25) is 9.59 Å². The number of imide groups is 1. The van der Waals surface area contributed by atoms with Gasteiger partial charge in [0.05, 0.1) is 30.2 Å². The van der Waals surface area contributed by atoms with Crippen molar-refractivity contribution in [3.05, 3.63) is 42.0 Å². The van der Waals surface area contributed by atoms with E-state index in [1.54, 1.807) is 24.3 Å². The zero-order chi connectivity index (χ0) is 14.8. The fourth-order valence-corrected chi connectivity index (χ4v) is 3.63. The highest BCUT2D eigenvalue weighted by Crippen LogP contribution is 2.52. The molecule has 5 heteroatoms. The molecule has 2 amide bonds. The molecule has 3 aliphatic rings. The number of carbonyl (C=O) groups is 2. The maximum atomic E-state index is 12.7. The molecule has 108 valence electrons. The zero-order valence-corrected chi connectivity index (χ0v) is 11.5. The number of rotatable bonds is 2. The molecule has 0 aliphatic carbocycles. The van der Waals surface area contributed by atoms with Gasteiger partial charge >= 0.3 is 0 Å². The number of ether oxygens (including phenoxy) is 1. The number of benzene rings is 1. The molecule has 21 heavy (non-hydrogen) atoms. The summed E-state index contributed by atoms with van der Waals surface area (Å²) in [4.78, 5) is 26.6. The summed E-state index contributed by atoms with van der Waals surface area (Å²) in [6.07, 6.45) is 3.10. The second kappa shape index (κ2) is 4.02. The zero-order valence-electron chi connectivity index (χ0n) is 11.5. The number of aryl methyl sites for hydroxylation is 1. The van der Waals surface area contributed by atoms with E-state index in [0.717, 1.165) is 5.56 Å².